The van der Waals surface area contributed by atoms with Gasteiger partial charge in [0.2, 0.25) is 0 Å². The van der Waals surface area contributed by atoms with Gasteiger partial charge < -0.3 is 15.6 Å². The molecule has 1 aliphatic rings. The van der Waals surface area contributed by atoms with Gasteiger partial charge in [-0.2, -0.15) is 0 Å². The Labute approximate surface area is 146 Å². The molecule has 3 N–H and O–H groups in total. The number of aliphatic hydroxyl groups excluding tert-OH is 1. The summed E-state index contributed by atoms with van der Waals surface area (Å²) in [5.41, 5.74) is 6.80. The Bertz CT molecular complexity index is 743. The molecule has 1 amide bonds. The second-order valence-electron chi connectivity index (χ2n) is 6.91. The third kappa shape index (κ3) is 4.82. The lowest BCUT2D eigenvalue weighted by atomic mass is 10.0. The number of rotatable bonds is 2. The molecule has 134 valence electrons. The maximum absolute atomic E-state index is 12.3. The molecule has 0 saturated heterocycles. The molecule has 0 atom stereocenters. The summed E-state index contributed by atoms with van der Waals surface area (Å²) in [4.78, 5) is 29.7. The predicted octanol–water partition coefficient (Wildman–Crippen LogP) is 2.62. The molecular weight excluding hydrogens is 322 g/mol. The molecule has 7 nitrogen and oxygen atoms in total. The lowest BCUT2D eigenvalue weighted by Gasteiger charge is -2.29. The lowest BCUT2D eigenvalue weighted by molar-refractivity contribution is -0.117. The van der Waals surface area contributed by atoms with Gasteiger partial charge in [0.1, 0.15) is 22.8 Å². The van der Waals surface area contributed by atoms with Crippen LogP contribution in [-0.4, -0.2) is 46.4 Å². The van der Waals surface area contributed by atoms with Crippen molar-refractivity contribution >= 4 is 23.4 Å². The number of hydrogen-bond acceptors (Lipinski definition) is 5. The summed E-state index contributed by atoms with van der Waals surface area (Å²) in [5.74, 6) is -0.853. The largest absolute Gasteiger partial charge is 0.510 e. The fraction of sp³-hybridized carbons (Fsp3) is 0.389. The normalized spacial score (nSPS) is 16.2. The molecule has 1 aliphatic heterocycles. The number of benzene rings is 1. The number of amidine groups is 1. The number of hydrogen-bond donors (Lipinski definition) is 2. The number of carbonyl (C=O) groups excluding carboxylic acids is 2. The van der Waals surface area contributed by atoms with E-state index < -0.39 is 17.5 Å². The Morgan fingerprint density at radius 3 is 2.36 bits per heavy atom. The highest BCUT2D eigenvalue weighted by Gasteiger charge is 2.33. The van der Waals surface area contributed by atoms with Crippen LogP contribution in [0.4, 0.5) is 10.5 Å². The number of aliphatic hydroxyl groups is 1. The molecule has 0 unspecified atom stereocenters. The smallest absolute Gasteiger partial charge is 0.411 e. The average molecular weight is 345 g/mol. The van der Waals surface area contributed by atoms with Crippen molar-refractivity contribution in [3.8, 4) is 0 Å². The van der Waals surface area contributed by atoms with Gasteiger partial charge >= 0.3 is 6.09 Å². The van der Waals surface area contributed by atoms with Gasteiger partial charge in [-0.1, -0.05) is 17.7 Å². The van der Waals surface area contributed by atoms with Gasteiger partial charge in [-0.3, -0.25) is 9.69 Å². The molecule has 1 aromatic rings. The van der Waals surface area contributed by atoms with Gasteiger partial charge in [-0.25, -0.2) is 9.79 Å². The van der Waals surface area contributed by atoms with Crippen LogP contribution in [0.5, 0.6) is 0 Å². The molecule has 1 aromatic carbocycles. The topological polar surface area (TPSA) is 105 Å². The number of amides is 1. The number of ether oxygens (including phenoxy) is 1. The van der Waals surface area contributed by atoms with E-state index in [1.54, 1.807) is 32.9 Å². The predicted molar refractivity (Wildman–Crippen MR) is 94.9 cm³/mol. The minimum absolute atomic E-state index is 0.0552. The van der Waals surface area contributed by atoms with Gasteiger partial charge in [0.15, 0.2) is 5.78 Å². The van der Waals surface area contributed by atoms with Gasteiger partial charge in [-0.05, 0) is 39.8 Å². The monoisotopic (exact) mass is 345 g/mol. The van der Waals surface area contributed by atoms with E-state index in [1.807, 2.05) is 19.1 Å². The summed E-state index contributed by atoms with van der Waals surface area (Å²) < 4.78 is 5.22. The van der Waals surface area contributed by atoms with Gasteiger partial charge in [0, 0.05) is 0 Å². The van der Waals surface area contributed by atoms with E-state index in [4.69, 9.17) is 10.5 Å². The van der Waals surface area contributed by atoms with Crippen molar-refractivity contribution in [2.75, 3.05) is 13.1 Å². The first-order valence-electron chi connectivity index (χ1n) is 7.91. The number of aliphatic imine (C=N–C) groups is 1. The minimum atomic E-state index is -0.689. The van der Waals surface area contributed by atoms with Crippen molar-refractivity contribution in [1.82, 2.24) is 4.90 Å². The number of Topliss-reactive ketones (excluding diaryl/α,β-unsaturated/α-hetero) is 1. The second-order valence-corrected chi connectivity index (χ2v) is 6.91. The summed E-state index contributed by atoms with van der Waals surface area (Å²) in [6.07, 6.45) is -0.666. The van der Waals surface area contributed by atoms with Crippen molar-refractivity contribution in [3.05, 3.63) is 41.2 Å². The van der Waals surface area contributed by atoms with Crippen LogP contribution in [0.2, 0.25) is 0 Å². The highest BCUT2D eigenvalue weighted by atomic mass is 16.6. The number of carbonyl (C=O) groups is 2. The molecule has 1 heterocycles. The zero-order valence-electron chi connectivity index (χ0n) is 14.9. The van der Waals surface area contributed by atoms with E-state index in [0.29, 0.717) is 5.69 Å². The maximum atomic E-state index is 12.3. The minimum Gasteiger partial charge on any atom is -0.510 e. The van der Waals surface area contributed by atoms with Crippen molar-refractivity contribution in [1.29, 1.82) is 0 Å². The molecule has 0 bridgehead atoms. The van der Waals surface area contributed by atoms with E-state index in [-0.39, 0.29) is 30.3 Å². The molecule has 25 heavy (non-hydrogen) atoms. The van der Waals surface area contributed by atoms with Crippen LogP contribution in [-0.2, 0) is 9.53 Å². The Morgan fingerprint density at radius 2 is 1.84 bits per heavy atom. The van der Waals surface area contributed by atoms with Crippen molar-refractivity contribution in [3.63, 3.8) is 0 Å². The highest BCUT2D eigenvalue weighted by Crippen LogP contribution is 2.19. The van der Waals surface area contributed by atoms with Crippen LogP contribution < -0.4 is 5.73 Å². The van der Waals surface area contributed by atoms with E-state index in [1.165, 1.54) is 0 Å². The molecule has 7 heteroatoms. The lowest BCUT2D eigenvalue weighted by Crippen LogP contribution is -2.46. The van der Waals surface area contributed by atoms with Crippen LogP contribution >= 0.6 is 0 Å². The quantitative estimate of drug-likeness (QED) is 0.633. The third-order valence-corrected chi connectivity index (χ3v) is 3.43. The number of aryl methyl sites for hydroxylation is 1. The first-order chi connectivity index (χ1) is 11.6. The summed E-state index contributed by atoms with van der Waals surface area (Å²) in [6, 6.07) is 7.26. The average Bonchev–Trinajstić information content (AvgIpc) is 2.47. The number of nitrogens with zero attached hydrogens (tertiary/aromatic N) is 2. The van der Waals surface area contributed by atoms with E-state index in [9.17, 15) is 14.7 Å². The molecule has 0 radical (unpaired) electrons. The fourth-order valence-electron chi connectivity index (χ4n) is 2.29. The molecule has 2 rings (SSSR count). The molecule has 0 fully saturated rings. The summed E-state index contributed by atoms with van der Waals surface area (Å²) in [5, 5.41) is 10.2. The summed E-state index contributed by atoms with van der Waals surface area (Å²) in [7, 11) is 0. The van der Waals surface area contributed by atoms with Crippen LogP contribution in [0.25, 0.3) is 0 Å². The Morgan fingerprint density at radius 1 is 1.24 bits per heavy atom. The second kappa shape index (κ2) is 6.96. The molecule has 0 aromatic heterocycles. The zero-order chi connectivity index (χ0) is 18.8. The highest BCUT2D eigenvalue weighted by molar-refractivity contribution is 6.23. The summed E-state index contributed by atoms with van der Waals surface area (Å²) >= 11 is 0. The van der Waals surface area contributed by atoms with E-state index >= 15 is 0 Å². The Balaban J connectivity index is 2.21. The Kier molecular flexibility index (Phi) is 5.15. The Hall–Kier alpha value is -2.83. The van der Waals surface area contributed by atoms with Crippen LogP contribution in [0.15, 0.2) is 40.6 Å². The molecule has 0 aliphatic carbocycles. The van der Waals surface area contributed by atoms with Crippen LogP contribution in [0, 0.1) is 6.92 Å². The van der Waals surface area contributed by atoms with Gasteiger partial charge in [-0.15, -0.1) is 0 Å². The first kappa shape index (κ1) is 18.5. The van der Waals surface area contributed by atoms with E-state index in [2.05, 4.69) is 4.99 Å². The maximum Gasteiger partial charge on any atom is 0.411 e. The van der Waals surface area contributed by atoms with Crippen molar-refractivity contribution in [2.45, 2.75) is 33.3 Å². The zero-order valence-corrected chi connectivity index (χ0v) is 14.9. The number of ketones is 1. The molecular formula is C18H23N3O4. The van der Waals surface area contributed by atoms with Crippen molar-refractivity contribution in [2.24, 2.45) is 10.7 Å². The first-order valence-corrected chi connectivity index (χ1v) is 7.91. The summed E-state index contributed by atoms with van der Waals surface area (Å²) in [6.45, 7) is 6.75. The van der Waals surface area contributed by atoms with E-state index in [0.717, 1.165) is 10.5 Å². The number of nitrogens with two attached hydrogens (primary N) is 1. The van der Waals surface area contributed by atoms with Crippen LogP contribution in [0.3, 0.4) is 0 Å². The standard InChI is InChI=1S/C18H23N3O4/c1-11-5-7-12(8-6-11)20-16(19)15-13(22)9-21(10-14(15)23)17(24)25-18(2,3)4/h5-8,22H,9-10H2,1-4H3,(H2,19,20). The molecule has 0 spiro atoms. The SMILES string of the molecule is Cc1ccc(N=C(N)C2=C(O)CN(C(=O)OC(C)(C)C)CC2=O)cc1. The third-order valence-electron chi connectivity index (χ3n) is 3.43. The van der Waals surface area contributed by atoms with Gasteiger partial charge in [0.25, 0.3) is 0 Å². The van der Waals surface area contributed by atoms with Crippen LogP contribution in [0.1, 0.15) is 26.3 Å². The van der Waals surface area contributed by atoms with Crippen molar-refractivity contribution < 1.29 is 19.4 Å². The fourth-order valence-corrected chi connectivity index (χ4v) is 2.29. The molecule has 0 saturated carbocycles. The van der Waals surface area contributed by atoms with Gasteiger partial charge in [0.05, 0.1) is 18.8 Å².